The van der Waals surface area contributed by atoms with Gasteiger partial charge in [-0.3, -0.25) is 9.78 Å². The van der Waals surface area contributed by atoms with E-state index in [-0.39, 0.29) is 12.2 Å². The van der Waals surface area contributed by atoms with Gasteiger partial charge < -0.3 is 9.47 Å². The Bertz CT molecular complexity index is 582. The third kappa shape index (κ3) is 4.48. The van der Waals surface area contributed by atoms with Crippen molar-refractivity contribution in [3.8, 4) is 5.75 Å². The smallest absolute Gasteiger partial charge is 0.306 e. The van der Waals surface area contributed by atoms with Crippen molar-refractivity contribution in [1.29, 1.82) is 0 Å². The molecule has 0 N–H and O–H groups in total. The van der Waals surface area contributed by atoms with E-state index in [4.69, 9.17) is 4.74 Å². The van der Waals surface area contributed by atoms with Crippen molar-refractivity contribution in [3.05, 3.63) is 23.5 Å². The molecule has 1 rings (SSSR count). The number of carbonyl (C=O) groups excluding carboxylic acids is 1. The van der Waals surface area contributed by atoms with Crippen molar-refractivity contribution < 1.29 is 22.7 Å². The zero-order chi connectivity index (χ0) is 15.3. The third-order valence-corrected chi connectivity index (χ3v) is 4.95. The van der Waals surface area contributed by atoms with Gasteiger partial charge in [0.2, 0.25) is 0 Å². The van der Waals surface area contributed by atoms with Crippen LogP contribution in [0.2, 0.25) is 0 Å². The molecule has 0 aliphatic rings. The summed E-state index contributed by atoms with van der Waals surface area (Å²) in [5.74, 6) is -0.220. The number of ether oxygens (including phenoxy) is 2. The van der Waals surface area contributed by atoms with E-state index in [1.54, 1.807) is 19.1 Å². The Morgan fingerprint density at radius 1 is 1.35 bits per heavy atom. The highest BCUT2D eigenvalue weighted by Crippen LogP contribution is 2.18. The number of esters is 1. The Morgan fingerprint density at radius 2 is 2.00 bits per heavy atom. The van der Waals surface area contributed by atoms with Crippen LogP contribution in [0.25, 0.3) is 0 Å². The lowest BCUT2D eigenvalue weighted by atomic mass is 10.3. The monoisotopic (exact) mass is 301 g/mol. The van der Waals surface area contributed by atoms with Crippen molar-refractivity contribution in [1.82, 2.24) is 4.98 Å². The maximum atomic E-state index is 12.2. The summed E-state index contributed by atoms with van der Waals surface area (Å²) in [7, 11) is -0.741. The molecule has 112 valence electrons. The van der Waals surface area contributed by atoms with Gasteiger partial charge in [-0.25, -0.2) is 8.42 Å². The van der Waals surface area contributed by atoms with Crippen LogP contribution >= 0.6 is 0 Å². The van der Waals surface area contributed by atoms with E-state index in [1.807, 2.05) is 0 Å². The van der Waals surface area contributed by atoms with Gasteiger partial charge in [0.25, 0.3) is 0 Å². The lowest BCUT2D eigenvalue weighted by molar-refractivity contribution is -0.140. The maximum Gasteiger partial charge on any atom is 0.306 e. The van der Waals surface area contributed by atoms with Crippen molar-refractivity contribution in [3.63, 3.8) is 0 Å². The van der Waals surface area contributed by atoms with Crippen LogP contribution in [0.3, 0.4) is 0 Å². The number of methoxy groups -OCH3 is 2. The summed E-state index contributed by atoms with van der Waals surface area (Å²) in [6.45, 7) is 3.25. The number of sulfone groups is 1. The molecule has 0 amide bonds. The van der Waals surface area contributed by atoms with Crippen LogP contribution < -0.4 is 4.74 Å². The molecular formula is C13H19NO5S. The van der Waals surface area contributed by atoms with Gasteiger partial charge in [-0.2, -0.15) is 0 Å². The topological polar surface area (TPSA) is 82.6 Å². The molecule has 0 aliphatic carbocycles. The third-order valence-electron chi connectivity index (χ3n) is 2.86. The predicted molar refractivity (Wildman–Crippen MR) is 74.2 cm³/mol. The van der Waals surface area contributed by atoms with Gasteiger partial charge in [0, 0.05) is 17.8 Å². The van der Waals surface area contributed by atoms with Crippen LogP contribution in [-0.4, -0.2) is 38.8 Å². The van der Waals surface area contributed by atoms with Crippen molar-refractivity contribution in [2.45, 2.75) is 31.3 Å². The van der Waals surface area contributed by atoms with Crippen LogP contribution in [0.5, 0.6) is 5.75 Å². The fraction of sp³-hybridized carbons (Fsp3) is 0.538. The summed E-state index contributed by atoms with van der Waals surface area (Å²) >= 11 is 0. The van der Waals surface area contributed by atoms with Crippen LogP contribution in [0, 0.1) is 6.92 Å². The zero-order valence-electron chi connectivity index (χ0n) is 12.0. The molecule has 7 heteroatoms. The Hall–Kier alpha value is -1.63. The number of hydrogen-bond donors (Lipinski definition) is 0. The van der Waals surface area contributed by atoms with Crippen LogP contribution in [-0.2, 0) is 25.1 Å². The molecule has 0 spiro atoms. The van der Waals surface area contributed by atoms with Gasteiger partial charge in [-0.05, 0) is 13.8 Å². The van der Waals surface area contributed by atoms with E-state index in [2.05, 4.69) is 9.72 Å². The predicted octanol–water partition coefficient (Wildman–Crippen LogP) is 1.27. The molecule has 20 heavy (non-hydrogen) atoms. The minimum atomic E-state index is -3.48. The molecule has 0 aromatic carbocycles. The minimum absolute atomic E-state index is 0.165. The summed E-state index contributed by atoms with van der Waals surface area (Å²) in [6, 6.07) is 3.30. The molecule has 6 nitrogen and oxygen atoms in total. The number of rotatable bonds is 6. The summed E-state index contributed by atoms with van der Waals surface area (Å²) in [5, 5.41) is -0.816. The standard InChI is InChI=1S/C13H19NO5S/c1-9-5-12(18-3)7-11(14-9)8-20(16,17)10(2)6-13(15)19-4/h5,7,10H,6,8H2,1-4H3. The minimum Gasteiger partial charge on any atom is -0.497 e. The SMILES string of the molecule is COC(=O)CC(C)S(=O)(=O)Cc1cc(OC)cc(C)n1. The average molecular weight is 301 g/mol. The first-order valence-electron chi connectivity index (χ1n) is 6.08. The Labute approximate surface area is 119 Å². The molecule has 0 fully saturated rings. The van der Waals surface area contributed by atoms with Crippen LogP contribution in [0.4, 0.5) is 0 Å². The Balaban J connectivity index is 2.90. The van der Waals surface area contributed by atoms with Gasteiger partial charge in [0.1, 0.15) is 5.75 Å². The number of hydrogen-bond acceptors (Lipinski definition) is 6. The summed E-state index contributed by atoms with van der Waals surface area (Å²) in [6.07, 6.45) is -0.165. The number of carbonyl (C=O) groups is 1. The highest BCUT2D eigenvalue weighted by atomic mass is 32.2. The van der Waals surface area contributed by atoms with Gasteiger partial charge in [-0.15, -0.1) is 0 Å². The van der Waals surface area contributed by atoms with Gasteiger partial charge in [0.15, 0.2) is 9.84 Å². The number of nitrogens with zero attached hydrogens (tertiary/aromatic N) is 1. The first-order valence-corrected chi connectivity index (χ1v) is 7.80. The lowest BCUT2D eigenvalue weighted by Crippen LogP contribution is -2.24. The fourth-order valence-electron chi connectivity index (χ4n) is 1.69. The second kappa shape index (κ2) is 6.69. The number of pyridine rings is 1. The molecular weight excluding hydrogens is 282 g/mol. The van der Waals surface area contributed by atoms with Crippen molar-refractivity contribution >= 4 is 15.8 Å². The molecule has 1 aromatic heterocycles. The number of aromatic nitrogens is 1. The average Bonchev–Trinajstić information content (AvgIpc) is 2.36. The van der Waals surface area contributed by atoms with E-state index in [0.29, 0.717) is 17.1 Å². The normalized spacial score (nSPS) is 12.8. The molecule has 1 aromatic rings. The van der Waals surface area contributed by atoms with Crippen LogP contribution in [0.15, 0.2) is 12.1 Å². The van der Waals surface area contributed by atoms with Gasteiger partial charge in [-0.1, -0.05) is 0 Å². The first-order chi connectivity index (χ1) is 9.28. The maximum absolute atomic E-state index is 12.2. The highest BCUT2D eigenvalue weighted by molar-refractivity contribution is 7.91. The largest absolute Gasteiger partial charge is 0.497 e. The van der Waals surface area contributed by atoms with Crippen molar-refractivity contribution in [2.24, 2.45) is 0 Å². The fourth-order valence-corrected chi connectivity index (χ4v) is 2.92. The van der Waals surface area contributed by atoms with E-state index in [9.17, 15) is 13.2 Å². The van der Waals surface area contributed by atoms with Gasteiger partial charge >= 0.3 is 5.97 Å². The molecule has 0 saturated heterocycles. The first kappa shape index (κ1) is 16.4. The quantitative estimate of drug-likeness (QED) is 0.736. The van der Waals surface area contributed by atoms with E-state index < -0.39 is 21.1 Å². The van der Waals surface area contributed by atoms with Gasteiger partial charge in [0.05, 0.1) is 37.3 Å². The molecule has 1 atom stereocenters. The zero-order valence-corrected chi connectivity index (χ0v) is 12.9. The molecule has 1 heterocycles. The second-order valence-corrected chi connectivity index (χ2v) is 6.96. The van der Waals surface area contributed by atoms with E-state index in [1.165, 1.54) is 21.1 Å². The van der Waals surface area contributed by atoms with E-state index in [0.717, 1.165) is 0 Å². The molecule has 0 radical (unpaired) electrons. The van der Waals surface area contributed by atoms with Crippen LogP contribution in [0.1, 0.15) is 24.7 Å². The Morgan fingerprint density at radius 3 is 2.55 bits per heavy atom. The molecule has 0 saturated carbocycles. The summed E-state index contributed by atoms with van der Waals surface area (Å²) in [4.78, 5) is 15.3. The molecule has 0 aliphatic heterocycles. The second-order valence-electron chi connectivity index (χ2n) is 4.54. The lowest BCUT2D eigenvalue weighted by Gasteiger charge is -2.12. The summed E-state index contributed by atoms with van der Waals surface area (Å²) < 4.78 is 33.9. The molecule has 0 bridgehead atoms. The number of aryl methyl sites for hydroxylation is 1. The molecule has 1 unspecified atom stereocenters. The van der Waals surface area contributed by atoms with E-state index >= 15 is 0 Å². The van der Waals surface area contributed by atoms with Crippen molar-refractivity contribution in [2.75, 3.05) is 14.2 Å². The Kier molecular flexibility index (Phi) is 5.50. The summed E-state index contributed by atoms with van der Waals surface area (Å²) in [5.41, 5.74) is 1.08. The highest BCUT2D eigenvalue weighted by Gasteiger charge is 2.25.